The number of thioether (sulfide) groups is 1. The van der Waals surface area contributed by atoms with Crippen LogP contribution >= 0.6 is 35.8 Å². The molecule has 2 aromatic carbocycles. The van der Waals surface area contributed by atoms with Crippen LogP contribution in [-0.4, -0.2) is 11.7 Å². The number of nitrogen functional groups attached to an aromatic ring is 1. The van der Waals surface area contributed by atoms with Gasteiger partial charge in [0.1, 0.15) is 0 Å². The Kier molecular flexibility index (Phi) is 6.84. The molecule has 3 rings (SSSR count). The molecule has 0 heterocycles. The fourth-order valence-corrected chi connectivity index (χ4v) is 3.74. The first-order valence-corrected chi connectivity index (χ1v) is 9.04. The Balaban J connectivity index is 0.00000208. The van der Waals surface area contributed by atoms with Gasteiger partial charge in [-0.05, 0) is 66.8 Å². The van der Waals surface area contributed by atoms with E-state index < -0.39 is 0 Å². The number of hydrogen-bond donors (Lipinski definition) is 2. The van der Waals surface area contributed by atoms with Gasteiger partial charge in [0, 0.05) is 15.6 Å². The number of carbonyl (C=O) groups excluding carboxylic acids is 1. The lowest BCUT2D eigenvalue weighted by atomic mass is 9.87. The summed E-state index contributed by atoms with van der Waals surface area (Å²) in [6, 6.07) is 13.6. The van der Waals surface area contributed by atoms with E-state index in [1.54, 1.807) is 0 Å². The molecule has 6 heteroatoms. The molecule has 1 aliphatic rings. The van der Waals surface area contributed by atoms with Crippen molar-refractivity contribution in [2.24, 2.45) is 0 Å². The first-order valence-electron chi connectivity index (χ1n) is 7.68. The van der Waals surface area contributed by atoms with Crippen LogP contribution in [0, 0.1) is 0 Å². The summed E-state index contributed by atoms with van der Waals surface area (Å²) in [5, 5.41) is 3.85. The summed E-state index contributed by atoms with van der Waals surface area (Å²) in [5.74, 6) is 0.460. The molecular weight excluding hydrogens is 363 g/mol. The fraction of sp³-hybridized carbons (Fsp3) is 0.278. The van der Waals surface area contributed by atoms with Gasteiger partial charge in [0.05, 0.1) is 11.8 Å². The molecule has 0 fully saturated rings. The van der Waals surface area contributed by atoms with Crippen LogP contribution in [0.4, 0.5) is 5.69 Å². The van der Waals surface area contributed by atoms with Crippen molar-refractivity contribution in [3.63, 3.8) is 0 Å². The molecule has 1 unspecified atom stereocenters. The van der Waals surface area contributed by atoms with Crippen LogP contribution in [0.1, 0.15) is 30.0 Å². The molecule has 0 bridgehead atoms. The van der Waals surface area contributed by atoms with Crippen LogP contribution in [0.5, 0.6) is 0 Å². The number of nitrogens with two attached hydrogens (primary N) is 1. The fourth-order valence-electron chi connectivity index (χ4n) is 2.90. The molecule has 0 aliphatic heterocycles. The van der Waals surface area contributed by atoms with Gasteiger partial charge in [0.2, 0.25) is 5.91 Å². The van der Waals surface area contributed by atoms with E-state index in [1.165, 1.54) is 22.9 Å². The summed E-state index contributed by atoms with van der Waals surface area (Å²) in [6.07, 6.45) is 3.09. The maximum absolute atomic E-state index is 12.2. The van der Waals surface area contributed by atoms with Crippen molar-refractivity contribution in [1.29, 1.82) is 0 Å². The molecule has 0 spiro atoms. The molecule has 24 heavy (non-hydrogen) atoms. The zero-order chi connectivity index (χ0) is 16.2. The molecule has 1 atom stereocenters. The second-order valence-corrected chi connectivity index (χ2v) is 7.20. The second kappa shape index (κ2) is 8.65. The smallest absolute Gasteiger partial charge is 0.230 e. The van der Waals surface area contributed by atoms with Gasteiger partial charge in [-0.2, -0.15) is 0 Å². The molecule has 3 nitrogen and oxygen atoms in total. The van der Waals surface area contributed by atoms with Crippen LogP contribution in [0.15, 0.2) is 47.4 Å². The molecule has 0 saturated carbocycles. The van der Waals surface area contributed by atoms with Gasteiger partial charge in [0.25, 0.3) is 0 Å². The first kappa shape index (κ1) is 19.0. The topological polar surface area (TPSA) is 55.1 Å². The third-order valence-electron chi connectivity index (χ3n) is 4.00. The van der Waals surface area contributed by atoms with E-state index in [2.05, 4.69) is 5.32 Å². The highest BCUT2D eigenvalue weighted by molar-refractivity contribution is 8.00. The molecule has 3 N–H and O–H groups in total. The van der Waals surface area contributed by atoms with E-state index in [1.807, 2.05) is 42.5 Å². The Hall–Kier alpha value is -1.36. The van der Waals surface area contributed by atoms with Gasteiger partial charge in [0.15, 0.2) is 0 Å². The number of benzene rings is 2. The SMILES string of the molecule is Cl.Nc1ccc2c(c1)CCCC2NC(=O)CSc1ccc(Cl)cc1. The summed E-state index contributed by atoms with van der Waals surface area (Å²) in [7, 11) is 0. The zero-order valence-electron chi connectivity index (χ0n) is 13.1. The summed E-state index contributed by atoms with van der Waals surface area (Å²) in [4.78, 5) is 13.3. The van der Waals surface area contributed by atoms with Gasteiger partial charge in [-0.3, -0.25) is 4.79 Å². The van der Waals surface area contributed by atoms with E-state index in [0.717, 1.165) is 29.8 Å². The molecule has 0 aromatic heterocycles. The molecule has 1 amide bonds. The highest BCUT2D eigenvalue weighted by Crippen LogP contribution is 2.31. The minimum atomic E-state index is 0. The minimum Gasteiger partial charge on any atom is -0.399 e. The molecule has 0 radical (unpaired) electrons. The number of aryl methyl sites for hydroxylation is 1. The van der Waals surface area contributed by atoms with Gasteiger partial charge in [-0.15, -0.1) is 24.2 Å². The quantitative estimate of drug-likeness (QED) is 0.598. The average Bonchev–Trinajstić information content (AvgIpc) is 2.54. The molecule has 0 saturated heterocycles. The Morgan fingerprint density at radius 3 is 2.75 bits per heavy atom. The highest BCUT2D eigenvalue weighted by atomic mass is 35.5. The summed E-state index contributed by atoms with van der Waals surface area (Å²) in [6.45, 7) is 0. The van der Waals surface area contributed by atoms with Gasteiger partial charge >= 0.3 is 0 Å². The van der Waals surface area contributed by atoms with Crippen molar-refractivity contribution in [2.75, 3.05) is 11.5 Å². The lowest BCUT2D eigenvalue weighted by Gasteiger charge is -2.26. The third-order valence-corrected chi connectivity index (χ3v) is 5.26. The van der Waals surface area contributed by atoms with Crippen molar-refractivity contribution in [3.05, 3.63) is 58.6 Å². The van der Waals surface area contributed by atoms with Crippen molar-refractivity contribution in [2.45, 2.75) is 30.2 Å². The van der Waals surface area contributed by atoms with Gasteiger partial charge in [-0.25, -0.2) is 0 Å². The zero-order valence-corrected chi connectivity index (χ0v) is 15.5. The van der Waals surface area contributed by atoms with Crippen LogP contribution in [-0.2, 0) is 11.2 Å². The van der Waals surface area contributed by atoms with E-state index >= 15 is 0 Å². The molecule has 128 valence electrons. The average molecular weight is 383 g/mol. The minimum absolute atomic E-state index is 0. The Morgan fingerprint density at radius 1 is 1.25 bits per heavy atom. The number of amides is 1. The predicted molar refractivity (Wildman–Crippen MR) is 104 cm³/mol. The van der Waals surface area contributed by atoms with Crippen molar-refractivity contribution in [3.8, 4) is 0 Å². The molecule has 2 aromatic rings. The van der Waals surface area contributed by atoms with E-state index in [4.69, 9.17) is 17.3 Å². The number of carbonyl (C=O) groups is 1. The molecular formula is C18H20Cl2N2OS. The van der Waals surface area contributed by atoms with Gasteiger partial charge < -0.3 is 11.1 Å². The van der Waals surface area contributed by atoms with Crippen molar-refractivity contribution in [1.82, 2.24) is 5.32 Å². The summed E-state index contributed by atoms with van der Waals surface area (Å²) in [5.41, 5.74) is 9.10. The Bertz CT molecular complexity index is 707. The highest BCUT2D eigenvalue weighted by Gasteiger charge is 2.21. The van der Waals surface area contributed by atoms with Crippen LogP contribution in [0.3, 0.4) is 0 Å². The van der Waals surface area contributed by atoms with E-state index in [0.29, 0.717) is 10.8 Å². The van der Waals surface area contributed by atoms with Gasteiger partial charge in [-0.1, -0.05) is 17.7 Å². The van der Waals surface area contributed by atoms with Crippen molar-refractivity contribution < 1.29 is 4.79 Å². The number of halogens is 2. The number of rotatable bonds is 4. The number of fused-ring (bicyclic) bond motifs is 1. The lowest BCUT2D eigenvalue weighted by molar-refractivity contribution is -0.119. The predicted octanol–water partition coefficient (Wildman–Crippen LogP) is 4.63. The van der Waals surface area contributed by atoms with Crippen molar-refractivity contribution >= 4 is 47.4 Å². The maximum Gasteiger partial charge on any atom is 0.230 e. The third kappa shape index (κ3) is 4.82. The number of hydrogen-bond acceptors (Lipinski definition) is 3. The Labute approximate surface area is 157 Å². The monoisotopic (exact) mass is 382 g/mol. The molecule has 1 aliphatic carbocycles. The maximum atomic E-state index is 12.2. The van der Waals surface area contributed by atoms with Crippen LogP contribution < -0.4 is 11.1 Å². The number of anilines is 1. The second-order valence-electron chi connectivity index (χ2n) is 5.71. The van der Waals surface area contributed by atoms with E-state index in [-0.39, 0.29) is 24.4 Å². The number of nitrogens with one attached hydrogen (secondary N) is 1. The van der Waals surface area contributed by atoms with Crippen LogP contribution in [0.2, 0.25) is 5.02 Å². The van der Waals surface area contributed by atoms with E-state index in [9.17, 15) is 4.79 Å². The summed E-state index contributed by atoms with van der Waals surface area (Å²) >= 11 is 7.38. The summed E-state index contributed by atoms with van der Waals surface area (Å²) < 4.78 is 0. The first-order chi connectivity index (χ1) is 11.1. The standard InChI is InChI=1S/C18H19ClN2OS.ClH/c19-13-4-7-15(8-5-13)23-11-18(22)21-17-3-1-2-12-10-14(20)6-9-16(12)17;/h4-10,17H,1-3,11,20H2,(H,21,22);1H. The Morgan fingerprint density at radius 2 is 2.00 bits per heavy atom. The largest absolute Gasteiger partial charge is 0.399 e. The van der Waals surface area contributed by atoms with Crippen LogP contribution in [0.25, 0.3) is 0 Å². The normalized spacial score (nSPS) is 16.0. The lowest BCUT2D eigenvalue weighted by Crippen LogP contribution is -2.32.